The van der Waals surface area contributed by atoms with Gasteiger partial charge in [-0.1, -0.05) is 54.6 Å². The zero-order valence-corrected chi connectivity index (χ0v) is 25.7. The van der Waals surface area contributed by atoms with Crippen LogP contribution in [0, 0.1) is 0 Å². The monoisotopic (exact) mass is 623 g/mol. The van der Waals surface area contributed by atoms with Crippen molar-refractivity contribution in [1.29, 1.82) is 0 Å². The summed E-state index contributed by atoms with van der Waals surface area (Å²) in [6, 6.07) is 25.1. The van der Waals surface area contributed by atoms with Crippen molar-refractivity contribution >= 4 is 40.0 Å². The molecule has 0 saturated carbocycles. The van der Waals surface area contributed by atoms with Gasteiger partial charge >= 0.3 is 12.0 Å². The average Bonchev–Trinajstić information content (AvgIpc) is 3.48. The van der Waals surface area contributed by atoms with Crippen molar-refractivity contribution in [2.45, 2.75) is 38.4 Å². The molecule has 2 aliphatic heterocycles. The van der Waals surface area contributed by atoms with E-state index in [4.69, 9.17) is 9.47 Å². The molecule has 3 aromatic carbocycles. The van der Waals surface area contributed by atoms with E-state index in [-0.39, 0.29) is 24.7 Å². The SMILES string of the molecule is CCNC(=O)Nc1sc(-c2ccc(C(=O)OCc3ccccc3)cc2)cc1C(=O)N1CCC2(CC1)CC(=O)c1ccccc1O2. The Morgan fingerprint density at radius 3 is 2.40 bits per heavy atom. The number of nitrogens with one attached hydrogen (secondary N) is 2. The van der Waals surface area contributed by atoms with Gasteiger partial charge in [-0.05, 0) is 48.4 Å². The fourth-order valence-corrected chi connectivity index (χ4v) is 6.73. The van der Waals surface area contributed by atoms with Crippen LogP contribution in [0.1, 0.15) is 62.8 Å². The summed E-state index contributed by atoms with van der Waals surface area (Å²) < 4.78 is 11.8. The lowest BCUT2D eigenvalue weighted by atomic mass is 9.82. The summed E-state index contributed by atoms with van der Waals surface area (Å²) in [6.45, 7) is 3.27. The molecule has 3 amide bonds. The van der Waals surface area contributed by atoms with Gasteiger partial charge < -0.3 is 19.7 Å². The molecule has 3 heterocycles. The highest BCUT2D eigenvalue weighted by atomic mass is 32.1. The Morgan fingerprint density at radius 1 is 0.956 bits per heavy atom. The molecule has 1 spiro atoms. The number of rotatable bonds is 7. The largest absolute Gasteiger partial charge is 0.486 e. The number of para-hydroxylation sites is 1. The lowest BCUT2D eigenvalue weighted by Crippen LogP contribution is -2.52. The number of ketones is 1. The minimum absolute atomic E-state index is 0.0583. The standard InChI is InChI=1S/C35H33N3O6S/c1-2-36-34(42)37-31-27(32(40)38-18-16-35(17-19-38)21-28(39)26-10-6-7-11-29(26)44-35)20-30(45-31)24-12-14-25(15-13-24)33(41)43-22-23-8-4-3-5-9-23/h3-15,20H,2,16-19,21-22H2,1H3,(H2,36,37,42). The molecular weight excluding hydrogens is 590 g/mol. The van der Waals surface area contributed by atoms with E-state index < -0.39 is 17.6 Å². The van der Waals surface area contributed by atoms with Crippen molar-refractivity contribution < 1.29 is 28.7 Å². The quantitative estimate of drug-likeness (QED) is 0.226. The van der Waals surface area contributed by atoms with Crippen LogP contribution in [0.25, 0.3) is 10.4 Å². The van der Waals surface area contributed by atoms with Gasteiger partial charge in [0, 0.05) is 37.4 Å². The second-order valence-corrected chi connectivity index (χ2v) is 12.2. The van der Waals surface area contributed by atoms with E-state index in [0.717, 1.165) is 16.0 Å². The van der Waals surface area contributed by atoms with Crippen molar-refractivity contribution in [2.24, 2.45) is 0 Å². The molecule has 0 aliphatic carbocycles. The summed E-state index contributed by atoms with van der Waals surface area (Å²) >= 11 is 1.29. The maximum atomic E-state index is 13.9. The molecule has 0 radical (unpaired) electrons. The Balaban J connectivity index is 1.17. The fraction of sp³-hybridized carbons (Fsp3) is 0.257. The number of amides is 3. The van der Waals surface area contributed by atoms with E-state index in [2.05, 4.69) is 10.6 Å². The number of hydrogen-bond acceptors (Lipinski definition) is 7. The first-order valence-corrected chi connectivity index (χ1v) is 15.8. The van der Waals surface area contributed by atoms with Crippen LogP contribution in [-0.2, 0) is 11.3 Å². The highest BCUT2D eigenvalue weighted by molar-refractivity contribution is 7.20. The zero-order valence-electron chi connectivity index (χ0n) is 24.8. The third-order valence-corrected chi connectivity index (χ3v) is 9.20. The van der Waals surface area contributed by atoms with Crippen molar-refractivity contribution in [3.05, 3.63) is 107 Å². The van der Waals surface area contributed by atoms with Gasteiger partial charge in [0.25, 0.3) is 5.91 Å². The summed E-state index contributed by atoms with van der Waals surface area (Å²) in [6.07, 6.45) is 1.34. The van der Waals surface area contributed by atoms with Gasteiger partial charge in [0.1, 0.15) is 23.0 Å². The highest BCUT2D eigenvalue weighted by Gasteiger charge is 2.44. The van der Waals surface area contributed by atoms with Gasteiger partial charge in [-0.3, -0.25) is 14.9 Å². The Bertz CT molecular complexity index is 1730. The number of carbonyl (C=O) groups is 4. The first kappa shape index (κ1) is 30.1. The van der Waals surface area contributed by atoms with Crippen LogP contribution in [-0.4, -0.2) is 53.8 Å². The van der Waals surface area contributed by atoms with Crippen LogP contribution in [0.3, 0.4) is 0 Å². The van der Waals surface area contributed by atoms with E-state index in [1.807, 2.05) is 55.5 Å². The first-order valence-electron chi connectivity index (χ1n) is 14.9. The van der Waals surface area contributed by atoms with Crippen molar-refractivity contribution in [1.82, 2.24) is 10.2 Å². The van der Waals surface area contributed by atoms with Crippen LogP contribution in [0.4, 0.5) is 9.80 Å². The predicted molar refractivity (Wildman–Crippen MR) is 172 cm³/mol. The molecule has 4 aromatic rings. The first-order chi connectivity index (χ1) is 21.8. The fourth-order valence-electron chi connectivity index (χ4n) is 5.68. The van der Waals surface area contributed by atoms with Gasteiger partial charge in [-0.15, -0.1) is 11.3 Å². The highest BCUT2D eigenvalue weighted by Crippen LogP contribution is 2.41. The number of piperidine rings is 1. The second-order valence-electron chi connectivity index (χ2n) is 11.2. The topological polar surface area (TPSA) is 114 Å². The number of benzene rings is 3. The minimum atomic E-state index is -0.631. The van der Waals surface area contributed by atoms with Gasteiger partial charge in [0.2, 0.25) is 0 Å². The van der Waals surface area contributed by atoms with Crippen LogP contribution in [0.2, 0.25) is 0 Å². The molecule has 0 unspecified atom stereocenters. The molecule has 9 nitrogen and oxygen atoms in total. The number of urea groups is 1. The van der Waals surface area contributed by atoms with E-state index in [0.29, 0.717) is 59.9 Å². The number of thiophene rings is 1. The molecule has 230 valence electrons. The Labute approximate surface area is 265 Å². The van der Waals surface area contributed by atoms with E-state index in [9.17, 15) is 19.2 Å². The number of nitrogens with zero attached hydrogens (tertiary/aromatic N) is 1. The molecule has 0 atom stereocenters. The number of esters is 1. The van der Waals surface area contributed by atoms with Gasteiger partial charge in [0.15, 0.2) is 5.78 Å². The van der Waals surface area contributed by atoms with Crippen LogP contribution >= 0.6 is 11.3 Å². The maximum Gasteiger partial charge on any atom is 0.338 e. The van der Waals surface area contributed by atoms with E-state index in [1.54, 1.807) is 41.3 Å². The number of ether oxygens (including phenoxy) is 2. The molecule has 2 aliphatic rings. The predicted octanol–water partition coefficient (Wildman–Crippen LogP) is 6.55. The minimum Gasteiger partial charge on any atom is -0.486 e. The summed E-state index contributed by atoms with van der Waals surface area (Å²) in [5, 5.41) is 5.99. The number of carbonyl (C=O) groups excluding carboxylic acids is 4. The number of hydrogen-bond donors (Lipinski definition) is 2. The van der Waals surface area contributed by atoms with Crippen LogP contribution in [0.5, 0.6) is 5.75 Å². The third kappa shape index (κ3) is 6.61. The summed E-state index contributed by atoms with van der Waals surface area (Å²) in [4.78, 5) is 54.3. The van der Waals surface area contributed by atoms with E-state index >= 15 is 0 Å². The molecule has 45 heavy (non-hydrogen) atoms. The third-order valence-electron chi connectivity index (χ3n) is 8.10. The molecule has 1 saturated heterocycles. The lowest BCUT2D eigenvalue weighted by Gasteiger charge is -2.43. The molecule has 2 N–H and O–H groups in total. The van der Waals surface area contributed by atoms with Crippen LogP contribution in [0.15, 0.2) is 84.9 Å². The van der Waals surface area contributed by atoms with Gasteiger partial charge in [-0.2, -0.15) is 0 Å². The van der Waals surface area contributed by atoms with Gasteiger partial charge in [0.05, 0.1) is 23.1 Å². The normalized spacial score (nSPS) is 15.1. The number of fused-ring (bicyclic) bond motifs is 1. The lowest BCUT2D eigenvalue weighted by molar-refractivity contribution is -0.00568. The number of likely N-dealkylation sites (tertiary alicyclic amines) is 1. The molecule has 1 fully saturated rings. The number of anilines is 1. The zero-order chi connectivity index (χ0) is 31.4. The molecule has 0 bridgehead atoms. The summed E-state index contributed by atoms with van der Waals surface area (Å²) in [5.74, 6) is 0.0201. The molecule has 10 heteroatoms. The number of Topliss-reactive ketones (excluding diaryl/α,β-unsaturated/α-hetero) is 1. The molecule has 1 aromatic heterocycles. The second kappa shape index (κ2) is 13.0. The van der Waals surface area contributed by atoms with Gasteiger partial charge in [-0.25, -0.2) is 9.59 Å². The Kier molecular flexibility index (Phi) is 8.66. The Morgan fingerprint density at radius 2 is 1.67 bits per heavy atom. The van der Waals surface area contributed by atoms with E-state index in [1.165, 1.54) is 11.3 Å². The smallest absolute Gasteiger partial charge is 0.338 e. The van der Waals surface area contributed by atoms with Crippen molar-refractivity contribution in [3.63, 3.8) is 0 Å². The van der Waals surface area contributed by atoms with Crippen molar-refractivity contribution in [3.8, 4) is 16.2 Å². The Hall–Kier alpha value is -4.96. The summed E-state index contributed by atoms with van der Waals surface area (Å²) in [7, 11) is 0. The molecular formula is C35H33N3O6S. The van der Waals surface area contributed by atoms with Crippen molar-refractivity contribution in [2.75, 3.05) is 25.0 Å². The average molecular weight is 624 g/mol. The maximum absolute atomic E-state index is 13.9. The summed E-state index contributed by atoms with van der Waals surface area (Å²) in [5.41, 5.74) is 2.47. The molecule has 6 rings (SSSR count). The van der Waals surface area contributed by atoms with Crippen LogP contribution < -0.4 is 15.4 Å².